The first-order chi connectivity index (χ1) is 11.5. The number of amides is 1. The van der Waals surface area contributed by atoms with Gasteiger partial charge in [-0.2, -0.15) is 0 Å². The van der Waals surface area contributed by atoms with Crippen molar-refractivity contribution in [2.45, 2.75) is 0 Å². The fourth-order valence-electron chi connectivity index (χ4n) is 1.93. The van der Waals surface area contributed by atoms with Gasteiger partial charge in [0.05, 0.1) is 7.11 Å². The summed E-state index contributed by atoms with van der Waals surface area (Å²) in [6, 6.07) is 14.1. The molecule has 5 heteroatoms. The Labute approximate surface area is 141 Å². The third kappa shape index (κ3) is 4.46. The number of ketones is 1. The highest BCUT2D eigenvalue weighted by atomic mass is 16.6. The first-order valence-electron chi connectivity index (χ1n) is 7.36. The number of benzene rings is 2. The van der Waals surface area contributed by atoms with E-state index in [1.165, 1.54) is 18.1 Å². The van der Waals surface area contributed by atoms with Gasteiger partial charge in [-0.05, 0) is 23.8 Å². The van der Waals surface area contributed by atoms with Gasteiger partial charge in [-0.25, -0.2) is 4.79 Å². The van der Waals surface area contributed by atoms with Crippen LogP contribution in [-0.2, 0) is 0 Å². The van der Waals surface area contributed by atoms with E-state index in [9.17, 15) is 9.59 Å². The Morgan fingerprint density at radius 1 is 1.00 bits per heavy atom. The molecule has 0 heterocycles. The van der Waals surface area contributed by atoms with Crippen LogP contribution in [0.4, 0.5) is 4.79 Å². The van der Waals surface area contributed by atoms with E-state index < -0.39 is 6.09 Å². The van der Waals surface area contributed by atoms with E-state index >= 15 is 0 Å². The highest BCUT2D eigenvalue weighted by molar-refractivity contribution is 6.06. The van der Waals surface area contributed by atoms with E-state index in [2.05, 4.69) is 0 Å². The van der Waals surface area contributed by atoms with Crippen molar-refractivity contribution >= 4 is 18.0 Å². The Morgan fingerprint density at radius 3 is 2.33 bits per heavy atom. The summed E-state index contributed by atoms with van der Waals surface area (Å²) in [7, 11) is 4.69. The lowest BCUT2D eigenvalue weighted by Crippen LogP contribution is -2.25. The fraction of sp³-hybridized carbons (Fsp3) is 0.158. The maximum atomic E-state index is 12.1. The molecule has 0 aliphatic heterocycles. The monoisotopic (exact) mass is 325 g/mol. The Hall–Kier alpha value is -3.08. The molecule has 2 rings (SSSR count). The predicted molar refractivity (Wildman–Crippen MR) is 92.5 cm³/mol. The number of allylic oxidation sites excluding steroid dienone is 1. The zero-order valence-corrected chi connectivity index (χ0v) is 13.9. The molecule has 0 bridgehead atoms. The normalized spacial score (nSPS) is 10.5. The van der Waals surface area contributed by atoms with E-state index in [4.69, 9.17) is 9.47 Å². The molecule has 2 aromatic carbocycles. The van der Waals surface area contributed by atoms with Crippen molar-refractivity contribution in [2.75, 3.05) is 21.2 Å². The summed E-state index contributed by atoms with van der Waals surface area (Å²) < 4.78 is 10.5. The number of methoxy groups -OCH3 is 1. The molecule has 0 aliphatic rings. The number of carbonyl (C=O) groups excluding carboxylic acids is 2. The predicted octanol–water partition coefficient (Wildman–Crippen LogP) is 3.65. The lowest BCUT2D eigenvalue weighted by molar-refractivity contribution is 0.104. The van der Waals surface area contributed by atoms with Crippen LogP contribution in [0.15, 0.2) is 54.6 Å². The van der Waals surface area contributed by atoms with Crippen molar-refractivity contribution in [2.24, 2.45) is 0 Å². The molecule has 0 atom stereocenters. The van der Waals surface area contributed by atoms with Crippen molar-refractivity contribution in [1.29, 1.82) is 0 Å². The van der Waals surface area contributed by atoms with Crippen LogP contribution in [0.25, 0.3) is 6.08 Å². The summed E-state index contributed by atoms with van der Waals surface area (Å²) in [4.78, 5) is 25.0. The SMILES string of the molecule is COc1cc(C=CC(=O)c2ccccc2)ccc1OC(=O)N(C)C. The number of ether oxygens (including phenoxy) is 2. The molecule has 0 fully saturated rings. The van der Waals surface area contributed by atoms with E-state index in [0.29, 0.717) is 17.1 Å². The molecular weight excluding hydrogens is 306 g/mol. The van der Waals surface area contributed by atoms with Gasteiger partial charge in [-0.15, -0.1) is 0 Å². The summed E-state index contributed by atoms with van der Waals surface area (Å²) in [5, 5.41) is 0. The molecule has 5 nitrogen and oxygen atoms in total. The summed E-state index contributed by atoms with van der Waals surface area (Å²) in [5.74, 6) is 0.653. The van der Waals surface area contributed by atoms with Crippen LogP contribution >= 0.6 is 0 Å². The van der Waals surface area contributed by atoms with Gasteiger partial charge in [-0.1, -0.05) is 42.5 Å². The van der Waals surface area contributed by atoms with Crippen molar-refractivity contribution < 1.29 is 19.1 Å². The highest BCUT2D eigenvalue weighted by Crippen LogP contribution is 2.29. The van der Waals surface area contributed by atoms with Gasteiger partial charge in [-0.3, -0.25) is 4.79 Å². The average molecular weight is 325 g/mol. The Balaban J connectivity index is 2.16. The summed E-state index contributed by atoms with van der Waals surface area (Å²) in [6.07, 6.45) is 2.70. The standard InChI is InChI=1S/C19H19NO4/c1-20(2)19(22)24-17-12-10-14(13-18(17)23-3)9-11-16(21)15-7-5-4-6-8-15/h4-13H,1-3H3. The highest BCUT2D eigenvalue weighted by Gasteiger charge is 2.11. The van der Waals surface area contributed by atoms with Crippen LogP contribution in [0.1, 0.15) is 15.9 Å². The maximum Gasteiger partial charge on any atom is 0.414 e. The number of hydrogen-bond donors (Lipinski definition) is 0. The molecule has 0 saturated carbocycles. The quantitative estimate of drug-likeness (QED) is 0.622. The summed E-state index contributed by atoms with van der Waals surface area (Å²) in [5.41, 5.74) is 1.39. The molecule has 24 heavy (non-hydrogen) atoms. The average Bonchev–Trinajstić information content (AvgIpc) is 2.61. The van der Waals surface area contributed by atoms with Crippen molar-refractivity contribution in [3.63, 3.8) is 0 Å². The number of nitrogens with zero attached hydrogens (tertiary/aromatic N) is 1. The lowest BCUT2D eigenvalue weighted by atomic mass is 10.1. The Bertz CT molecular complexity index is 751. The van der Waals surface area contributed by atoms with Gasteiger partial charge in [0.15, 0.2) is 17.3 Å². The second-order valence-electron chi connectivity index (χ2n) is 5.24. The van der Waals surface area contributed by atoms with Crippen LogP contribution < -0.4 is 9.47 Å². The molecule has 0 radical (unpaired) electrons. The first-order valence-corrected chi connectivity index (χ1v) is 7.36. The third-order valence-corrected chi connectivity index (χ3v) is 3.24. The van der Waals surface area contributed by atoms with E-state index in [1.807, 2.05) is 18.2 Å². The number of hydrogen-bond acceptors (Lipinski definition) is 4. The van der Waals surface area contributed by atoms with E-state index in [-0.39, 0.29) is 5.78 Å². The van der Waals surface area contributed by atoms with Gasteiger partial charge in [0.2, 0.25) is 0 Å². The molecule has 0 saturated heterocycles. The smallest absolute Gasteiger partial charge is 0.414 e. The molecule has 0 aliphatic carbocycles. The Morgan fingerprint density at radius 2 is 1.71 bits per heavy atom. The first kappa shape index (κ1) is 17.3. The van der Waals surface area contributed by atoms with Crippen molar-refractivity contribution in [3.8, 4) is 11.5 Å². The fourth-order valence-corrected chi connectivity index (χ4v) is 1.93. The molecule has 2 aromatic rings. The van der Waals surface area contributed by atoms with Gasteiger partial charge in [0.1, 0.15) is 0 Å². The minimum Gasteiger partial charge on any atom is -0.493 e. The molecule has 1 amide bonds. The zero-order valence-electron chi connectivity index (χ0n) is 13.9. The number of rotatable bonds is 5. The molecule has 0 spiro atoms. The topological polar surface area (TPSA) is 55.8 Å². The minimum atomic E-state index is -0.490. The molecule has 0 unspecified atom stereocenters. The Kier molecular flexibility index (Phi) is 5.73. The minimum absolute atomic E-state index is 0.0855. The van der Waals surface area contributed by atoms with Crippen LogP contribution in [-0.4, -0.2) is 38.0 Å². The third-order valence-electron chi connectivity index (χ3n) is 3.24. The van der Waals surface area contributed by atoms with E-state index in [0.717, 1.165) is 5.56 Å². The van der Waals surface area contributed by atoms with Gasteiger partial charge in [0.25, 0.3) is 0 Å². The molecular formula is C19H19NO4. The maximum absolute atomic E-state index is 12.1. The van der Waals surface area contributed by atoms with Gasteiger partial charge >= 0.3 is 6.09 Å². The lowest BCUT2D eigenvalue weighted by Gasteiger charge is -2.13. The second-order valence-corrected chi connectivity index (χ2v) is 5.24. The van der Waals surface area contributed by atoms with Crippen molar-refractivity contribution in [3.05, 3.63) is 65.7 Å². The molecule has 124 valence electrons. The van der Waals surface area contributed by atoms with E-state index in [1.54, 1.807) is 50.5 Å². The van der Waals surface area contributed by atoms with Gasteiger partial charge < -0.3 is 14.4 Å². The van der Waals surface area contributed by atoms with Crippen LogP contribution in [0.2, 0.25) is 0 Å². The van der Waals surface area contributed by atoms with Gasteiger partial charge in [0, 0.05) is 19.7 Å². The largest absolute Gasteiger partial charge is 0.493 e. The van der Waals surface area contributed by atoms with Crippen LogP contribution in [0.5, 0.6) is 11.5 Å². The van der Waals surface area contributed by atoms with Crippen LogP contribution in [0.3, 0.4) is 0 Å². The second kappa shape index (κ2) is 7.97. The van der Waals surface area contributed by atoms with Crippen molar-refractivity contribution in [1.82, 2.24) is 4.90 Å². The molecule has 0 N–H and O–H groups in total. The number of carbonyl (C=O) groups is 2. The molecule has 0 aromatic heterocycles. The van der Waals surface area contributed by atoms with Crippen LogP contribution in [0, 0.1) is 0 Å². The zero-order chi connectivity index (χ0) is 17.5. The summed E-state index contributed by atoms with van der Waals surface area (Å²) in [6.45, 7) is 0. The summed E-state index contributed by atoms with van der Waals surface area (Å²) >= 11 is 0.